The predicted molar refractivity (Wildman–Crippen MR) is 75.6 cm³/mol. The van der Waals surface area contributed by atoms with Crippen LogP contribution in [0.15, 0.2) is 18.2 Å². The fraction of sp³-hybridized carbons (Fsp3) is 0.533. The van der Waals surface area contributed by atoms with Gasteiger partial charge in [-0.3, -0.25) is 9.69 Å². The minimum absolute atomic E-state index is 0.245. The van der Waals surface area contributed by atoms with E-state index in [9.17, 15) is 4.79 Å². The summed E-state index contributed by atoms with van der Waals surface area (Å²) in [5.74, 6) is 0.245. The number of hydrogen-bond acceptors (Lipinski definition) is 3. The van der Waals surface area contributed by atoms with Crippen LogP contribution in [-0.4, -0.2) is 41.9 Å². The van der Waals surface area contributed by atoms with Gasteiger partial charge in [0.05, 0.1) is 6.54 Å². The molecule has 1 aromatic carbocycles. The van der Waals surface area contributed by atoms with Crippen LogP contribution in [0, 0.1) is 0 Å². The Morgan fingerprint density at radius 3 is 2.95 bits per heavy atom. The summed E-state index contributed by atoms with van der Waals surface area (Å²) in [5.41, 5.74) is 9.28. The van der Waals surface area contributed by atoms with Crippen molar-refractivity contribution in [2.24, 2.45) is 0 Å². The Bertz CT molecular complexity index is 496. The quantitative estimate of drug-likeness (QED) is 0.831. The number of rotatable bonds is 3. The zero-order chi connectivity index (χ0) is 13.4. The van der Waals surface area contributed by atoms with Gasteiger partial charge in [0.1, 0.15) is 0 Å². The van der Waals surface area contributed by atoms with Crippen molar-refractivity contribution in [3.63, 3.8) is 0 Å². The van der Waals surface area contributed by atoms with E-state index in [4.69, 9.17) is 5.73 Å². The molecule has 1 saturated carbocycles. The molecular weight excluding hydrogens is 238 g/mol. The van der Waals surface area contributed by atoms with Crippen molar-refractivity contribution in [1.29, 1.82) is 0 Å². The number of anilines is 1. The average molecular weight is 259 g/mol. The van der Waals surface area contributed by atoms with Gasteiger partial charge in [-0.05, 0) is 42.5 Å². The molecule has 0 bridgehead atoms. The molecule has 0 unspecified atom stereocenters. The van der Waals surface area contributed by atoms with E-state index in [1.165, 1.54) is 24.0 Å². The molecule has 1 fully saturated rings. The minimum Gasteiger partial charge on any atom is -0.399 e. The topological polar surface area (TPSA) is 49.6 Å². The first-order valence-electron chi connectivity index (χ1n) is 6.99. The van der Waals surface area contributed by atoms with Crippen LogP contribution in [0.25, 0.3) is 0 Å². The van der Waals surface area contributed by atoms with Crippen molar-refractivity contribution >= 4 is 11.6 Å². The van der Waals surface area contributed by atoms with E-state index in [1.807, 2.05) is 24.1 Å². The van der Waals surface area contributed by atoms with Crippen LogP contribution in [-0.2, 0) is 17.8 Å². The number of carbonyl (C=O) groups excluding carboxylic acids is 1. The Kier molecular flexibility index (Phi) is 3.19. The lowest BCUT2D eigenvalue weighted by Crippen LogP contribution is -2.41. The van der Waals surface area contributed by atoms with Crippen molar-refractivity contribution < 1.29 is 4.79 Å². The molecule has 0 saturated heterocycles. The van der Waals surface area contributed by atoms with Crippen molar-refractivity contribution in [2.75, 3.05) is 25.9 Å². The van der Waals surface area contributed by atoms with Crippen LogP contribution < -0.4 is 5.73 Å². The van der Waals surface area contributed by atoms with Crippen molar-refractivity contribution in [1.82, 2.24) is 9.80 Å². The summed E-state index contributed by atoms with van der Waals surface area (Å²) in [7, 11) is 1.93. The van der Waals surface area contributed by atoms with Gasteiger partial charge in [-0.15, -0.1) is 0 Å². The summed E-state index contributed by atoms with van der Waals surface area (Å²) in [6.45, 7) is 2.33. The number of hydrogen-bond donors (Lipinski definition) is 1. The summed E-state index contributed by atoms with van der Waals surface area (Å²) in [6.07, 6.45) is 3.35. The molecule has 19 heavy (non-hydrogen) atoms. The second kappa shape index (κ2) is 4.85. The average Bonchev–Trinajstić information content (AvgIpc) is 3.21. The van der Waals surface area contributed by atoms with E-state index in [1.54, 1.807) is 0 Å². The summed E-state index contributed by atoms with van der Waals surface area (Å²) >= 11 is 0. The van der Waals surface area contributed by atoms with Crippen LogP contribution >= 0.6 is 0 Å². The first-order valence-corrected chi connectivity index (χ1v) is 6.99. The van der Waals surface area contributed by atoms with Gasteiger partial charge in [-0.2, -0.15) is 0 Å². The lowest BCUT2D eigenvalue weighted by Gasteiger charge is -2.30. The lowest BCUT2D eigenvalue weighted by atomic mass is 9.99. The Balaban J connectivity index is 1.63. The highest BCUT2D eigenvalue weighted by Crippen LogP contribution is 2.26. The molecule has 2 N–H and O–H groups in total. The van der Waals surface area contributed by atoms with Crippen LogP contribution in [0.4, 0.5) is 5.69 Å². The summed E-state index contributed by atoms with van der Waals surface area (Å²) < 4.78 is 0. The zero-order valence-electron chi connectivity index (χ0n) is 11.4. The molecule has 3 rings (SSSR count). The monoisotopic (exact) mass is 259 g/mol. The maximum atomic E-state index is 12.1. The first kappa shape index (κ1) is 12.5. The number of likely N-dealkylation sites (N-methyl/N-ethyl adjacent to an activating group) is 1. The van der Waals surface area contributed by atoms with Gasteiger partial charge in [-0.1, -0.05) is 6.07 Å². The molecule has 1 aliphatic heterocycles. The standard InChI is InChI=1S/C15H21N3O/c1-17(14-4-5-14)15(19)10-18-7-6-11-2-3-13(16)8-12(11)9-18/h2-3,8,14H,4-7,9-10,16H2,1H3. The number of nitrogen functional groups attached to an aromatic ring is 1. The third kappa shape index (κ3) is 2.73. The maximum Gasteiger partial charge on any atom is 0.236 e. The van der Waals surface area contributed by atoms with E-state index < -0.39 is 0 Å². The highest BCUT2D eigenvalue weighted by Gasteiger charge is 2.30. The Labute approximate surface area is 114 Å². The maximum absolute atomic E-state index is 12.1. The number of fused-ring (bicyclic) bond motifs is 1. The largest absolute Gasteiger partial charge is 0.399 e. The molecule has 1 aliphatic carbocycles. The van der Waals surface area contributed by atoms with E-state index in [0.717, 1.165) is 25.2 Å². The minimum atomic E-state index is 0.245. The van der Waals surface area contributed by atoms with E-state index >= 15 is 0 Å². The molecule has 0 aromatic heterocycles. The smallest absolute Gasteiger partial charge is 0.236 e. The summed E-state index contributed by atoms with van der Waals surface area (Å²) in [5, 5.41) is 0. The molecule has 102 valence electrons. The van der Waals surface area contributed by atoms with E-state index in [-0.39, 0.29) is 5.91 Å². The van der Waals surface area contributed by atoms with Crippen molar-refractivity contribution in [2.45, 2.75) is 31.8 Å². The molecule has 0 spiro atoms. The molecule has 4 nitrogen and oxygen atoms in total. The molecule has 1 aromatic rings. The number of benzene rings is 1. The van der Waals surface area contributed by atoms with E-state index in [2.05, 4.69) is 11.0 Å². The Morgan fingerprint density at radius 2 is 2.21 bits per heavy atom. The Hall–Kier alpha value is -1.55. The molecule has 0 atom stereocenters. The number of carbonyl (C=O) groups is 1. The van der Waals surface area contributed by atoms with Gasteiger partial charge in [0.2, 0.25) is 5.91 Å². The molecule has 1 heterocycles. The molecule has 1 amide bonds. The fourth-order valence-electron chi connectivity index (χ4n) is 2.74. The highest BCUT2D eigenvalue weighted by atomic mass is 16.2. The Morgan fingerprint density at radius 1 is 1.42 bits per heavy atom. The number of amides is 1. The molecular formula is C15H21N3O. The first-order chi connectivity index (χ1) is 9.13. The van der Waals surface area contributed by atoms with E-state index in [0.29, 0.717) is 12.6 Å². The number of nitrogens with zero attached hydrogens (tertiary/aromatic N) is 2. The van der Waals surface area contributed by atoms with Crippen LogP contribution in [0.1, 0.15) is 24.0 Å². The third-order valence-corrected chi connectivity index (χ3v) is 4.17. The highest BCUT2D eigenvalue weighted by molar-refractivity contribution is 5.78. The lowest BCUT2D eigenvalue weighted by molar-refractivity contribution is -0.131. The zero-order valence-corrected chi connectivity index (χ0v) is 11.4. The fourth-order valence-corrected chi connectivity index (χ4v) is 2.74. The van der Waals surface area contributed by atoms with Crippen LogP contribution in [0.5, 0.6) is 0 Å². The molecule has 0 radical (unpaired) electrons. The molecule has 2 aliphatic rings. The van der Waals surface area contributed by atoms with Gasteiger partial charge >= 0.3 is 0 Å². The second-order valence-corrected chi connectivity index (χ2v) is 5.72. The van der Waals surface area contributed by atoms with Gasteiger partial charge < -0.3 is 10.6 Å². The van der Waals surface area contributed by atoms with Crippen LogP contribution in [0.2, 0.25) is 0 Å². The SMILES string of the molecule is CN(C(=O)CN1CCc2ccc(N)cc2C1)C1CC1. The molecule has 4 heteroatoms. The normalized spacial score (nSPS) is 19.0. The van der Waals surface area contributed by atoms with Gasteiger partial charge in [0, 0.05) is 31.9 Å². The predicted octanol–water partition coefficient (Wildman–Crippen LogP) is 1.25. The van der Waals surface area contributed by atoms with Crippen LogP contribution in [0.3, 0.4) is 0 Å². The van der Waals surface area contributed by atoms with Gasteiger partial charge in [-0.25, -0.2) is 0 Å². The second-order valence-electron chi connectivity index (χ2n) is 5.72. The van der Waals surface area contributed by atoms with Gasteiger partial charge in [0.25, 0.3) is 0 Å². The number of nitrogens with two attached hydrogens (primary N) is 1. The van der Waals surface area contributed by atoms with Crippen molar-refractivity contribution in [3.8, 4) is 0 Å². The summed E-state index contributed by atoms with van der Waals surface area (Å²) in [6, 6.07) is 6.61. The van der Waals surface area contributed by atoms with Crippen molar-refractivity contribution in [3.05, 3.63) is 29.3 Å². The van der Waals surface area contributed by atoms with Gasteiger partial charge in [0.15, 0.2) is 0 Å². The summed E-state index contributed by atoms with van der Waals surface area (Å²) in [4.78, 5) is 16.3. The third-order valence-electron chi connectivity index (χ3n) is 4.17.